The summed E-state index contributed by atoms with van der Waals surface area (Å²) in [5, 5.41) is 2.95. The van der Waals surface area contributed by atoms with Crippen molar-refractivity contribution in [3.8, 4) is 11.5 Å². The first-order valence-electron chi connectivity index (χ1n) is 7.30. The van der Waals surface area contributed by atoms with Crippen LogP contribution in [0.1, 0.15) is 17.9 Å². The lowest BCUT2D eigenvalue weighted by Crippen LogP contribution is -2.15. The van der Waals surface area contributed by atoms with Gasteiger partial charge in [-0.15, -0.1) is 0 Å². The number of rotatable bonds is 5. The lowest BCUT2D eigenvalue weighted by Gasteiger charge is -2.11. The molecular weight excluding hydrogens is 278 g/mol. The van der Waals surface area contributed by atoms with Gasteiger partial charge in [-0.25, -0.2) is 0 Å². The standard InChI is InChI=1S/C18H19NO3/c1-21-13-8-9-16(17(10-13)22-2)19-18(20)15-11-14(15)12-6-4-3-5-7-12/h3-10,14-15H,11H2,1-2H3,(H,19,20)/t14-,15+/m1/s1. The van der Waals surface area contributed by atoms with E-state index < -0.39 is 0 Å². The van der Waals surface area contributed by atoms with Crippen molar-refractivity contribution in [3.05, 3.63) is 54.1 Å². The van der Waals surface area contributed by atoms with Gasteiger partial charge in [-0.1, -0.05) is 30.3 Å². The summed E-state index contributed by atoms with van der Waals surface area (Å²) in [7, 11) is 3.18. The molecule has 0 aromatic heterocycles. The molecule has 0 spiro atoms. The normalized spacial score (nSPS) is 19.4. The molecule has 2 aromatic carbocycles. The average Bonchev–Trinajstić information content (AvgIpc) is 3.37. The number of methoxy groups -OCH3 is 2. The van der Waals surface area contributed by atoms with E-state index in [-0.39, 0.29) is 11.8 Å². The number of anilines is 1. The van der Waals surface area contributed by atoms with Gasteiger partial charge in [-0.3, -0.25) is 4.79 Å². The highest BCUT2D eigenvalue weighted by Crippen LogP contribution is 2.48. The number of nitrogens with one attached hydrogen (secondary N) is 1. The molecule has 0 aliphatic heterocycles. The fraction of sp³-hybridized carbons (Fsp3) is 0.278. The monoisotopic (exact) mass is 297 g/mol. The molecule has 0 unspecified atom stereocenters. The van der Waals surface area contributed by atoms with Gasteiger partial charge in [0.2, 0.25) is 5.91 Å². The molecule has 0 heterocycles. The van der Waals surface area contributed by atoms with E-state index in [1.54, 1.807) is 32.4 Å². The highest BCUT2D eigenvalue weighted by atomic mass is 16.5. The van der Waals surface area contributed by atoms with Crippen molar-refractivity contribution in [2.75, 3.05) is 19.5 Å². The van der Waals surface area contributed by atoms with Crippen LogP contribution >= 0.6 is 0 Å². The second-order valence-corrected chi connectivity index (χ2v) is 5.41. The number of hydrogen-bond acceptors (Lipinski definition) is 3. The van der Waals surface area contributed by atoms with E-state index in [4.69, 9.17) is 9.47 Å². The molecule has 4 heteroatoms. The number of benzene rings is 2. The predicted molar refractivity (Wildman–Crippen MR) is 85.5 cm³/mol. The van der Waals surface area contributed by atoms with Crippen molar-refractivity contribution in [2.24, 2.45) is 5.92 Å². The third-order valence-corrected chi connectivity index (χ3v) is 4.02. The number of carbonyl (C=O) groups is 1. The summed E-state index contributed by atoms with van der Waals surface area (Å²) in [5.41, 5.74) is 1.90. The van der Waals surface area contributed by atoms with Gasteiger partial charge >= 0.3 is 0 Å². The molecule has 1 saturated carbocycles. The highest BCUT2D eigenvalue weighted by molar-refractivity contribution is 5.96. The largest absolute Gasteiger partial charge is 0.497 e. The predicted octanol–water partition coefficient (Wildman–Crippen LogP) is 3.45. The molecule has 1 N–H and O–H groups in total. The van der Waals surface area contributed by atoms with Gasteiger partial charge < -0.3 is 14.8 Å². The van der Waals surface area contributed by atoms with Crippen molar-refractivity contribution in [2.45, 2.75) is 12.3 Å². The Morgan fingerprint density at radius 2 is 1.86 bits per heavy atom. The molecule has 1 aliphatic carbocycles. The Bertz CT molecular complexity index is 669. The van der Waals surface area contributed by atoms with E-state index in [2.05, 4.69) is 17.4 Å². The van der Waals surface area contributed by atoms with Crippen LogP contribution in [0, 0.1) is 5.92 Å². The molecule has 1 aliphatic rings. The van der Waals surface area contributed by atoms with E-state index >= 15 is 0 Å². The Hall–Kier alpha value is -2.49. The van der Waals surface area contributed by atoms with Crippen LogP contribution in [-0.4, -0.2) is 20.1 Å². The first kappa shape index (κ1) is 14.4. The summed E-state index contributed by atoms with van der Waals surface area (Å²) in [5.74, 6) is 1.70. The van der Waals surface area contributed by atoms with Gasteiger partial charge in [0.1, 0.15) is 11.5 Å². The van der Waals surface area contributed by atoms with Crippen LogP contribution in [0.15, 0.2) is 48.5 Å². The second-order valence-electron chi connectivity index (χ2n) is 5.41. The van der Waals surface area contributed by atoms with E-state index in [1.807, 2.05) is 18.2 Å². The molecular formula is C18H19NO3. The van der Waals surface area contributed by atoms with E-state index in [0.717, 1.165) is 6.42 Å². The summed E-state index contributed by atoms with van der Waals surface area (Å²) in [6.07, 6.45) is 0.897. The topological polar surface area (TPSA) is 47.6 Å². The molecule has 2 atom stereocenters. The fourth-order valence-electron chi connectivity index (χ4n) is 2.68. The van der Waals surface area contributed by atoms with Crippen molar-refractivity contribution in [1.82, 2.24) is 0 Å². The average molecular weight is 297 g/mol. The molecule has 114 valence electrons. The maximum Gasteiger partial charge on any atom is 0.228 e. The summed E-state index contributed by atoms with van der Waals surface area (Å²) >= 11 is 0. The van der Waals surface area contributed by atoms with Gasteiger partial charge in [0, 0.05) is 12.0 Å². The zero-order chi connectivity index (χ0) is 15.5. The summed E-state index contributed by atoms with van der Waals surface area (Å²) in [6, 6.07) is 15.5. The number of hydrogen-bond donors (Lipinski definition) is 1. The lowest BCUT2D eigenvalue weighted by molar-refractivity contribution is -0.117. The van der Waals surface area contributed by atoms with Crippen LogP contribution in [0.25, 0.3) is 0 Å². The van der Waals surface area contributed by atoms with Gasteiger partial charge in [0.15, 0.2) is 0 Å². The van der Waals surface area contributed by atoms with E-state index in [0.29, 0.717) is 23.1 Å². The molecule has 2 aromatic rings. The van der Waals surface area contributed by atoms with Gasteiger partial charge in [-0.2, -0.15) is 0 Å². The number of amides is 1. The van der Waals surface area contributed by atoms with Crippen LogP contribution in [0.4, 0.5) is 5.69 Å². The van der Waals surface area contributed by atoms with Crippen LogP contribution in [0.2, 0.25) is 0 Å². The quantitative estimate of drug-likeness (QED) is 0.919. The zero-order valence-electron chi connectivity index (χ0n) is 12.7. The summed E-state index contributed by atoms with van der Waals surface area (Å²) in [6.45, 7) is 0. The third-order valence-electron chi connectivity index (χ3n) is 4.02. The molecule has 22 heavy (non-hydrogen) atoms. The molecule has 0 bridgehead atoms. The molecule has 4 nitrogen and oxygen atoms in total. The van der Waals surface area contributed by atoms with Gasteiger partial charge in [0.05, 0.1) is 19.9 Å². The Balaban J connectivity index is 1.68. The van der Waals surface area contributed by atoms with Crippen molar-refractivity contribution >= 4 is 11.6 Å². The Kier molecular flexibility index (Phi) is 4.00. The summed E-state index contributed by atoms with van der Waals surface area (Å²) < 4.78 is 10.5. The smallest absolute Gasteiger partial charge is 0.228 e. The fourth-order valence-corrected chi connectivity index (χ4v) is 2.68. The number of ether oxygens (including phenoxy) is 2. The molecule has 0 radical (unpaired) electrons. The number of carbonyl (C=O) groups excluding carboxylic acids is 1. The van der Waals surface area contributed by atoms with E-state index in [9.17, 15) is 4.79 Å². The molecule has 3 rings (SSSR count). The van der Waals surface area contributed by atoms with Crippen LogP contribution in [0.5, 0.6) is 11.5 Å². The maximum atomic E-state index is 12.4. The Labute approximate surface area is 130 Å². The molecule has 1 fully saturated rings. The molecule has 0 saturated heterocycles. The Morgan fingerprint density at radius 3 is 2.55 bits per heavy atom. The molecule has 1 amide bonds. The van der Waals surface area contributed by atoms with Gasteiger partial charge in [0.25, 0.3) is 0 Å². The van der Waals surface area contributed by atoms with Gasteiger partial charge in [-0.05, 0) is 30.0 Å². The zero-order valence-corrected chi connectivity index (χ0v) is 12.7. The first-order chi connectivity index (χ1) is 10.7. The van der Waals surface area contributed by atoms with Crippen molar-refractivity contribution in [3.63, 3.8) is 0 Å². The van der Waals surface area contributed by atoms with Crippen LogP contribution in [0.3, 0.4) is 0 Å². The SMILES string of the molecule is COc1ccc(NC(=O)[C@H]2C[C@@H]2c2ccccc2)c(OC)c1. The summed E-state index contributed by atoms with van der Waals surface area (Å²) in [4.78, 5) is 12.4. The minimum atomic E-state index is 0.0363. The maximum absolute atomic E-state index is 12.4. The highest BCUT2D eigenvalue weighted by Gasteiger charge is 2.43. The Morgan fingerprint density at radius 1 is 1.09 bits per heavy atom. The van der Waals surface area contributed by atoms with Crippen molar-refractivity contribution in [1.29, 1.82) is 0 Å². The minimum Gasteiger partial charge on any atom is -0.497 e. The van der Waals surface area contributed by atoms with Crippen molar-refractivity contribution < 1.29 is 14.3 Å². The second kappa shape index (κ2) is 6.10. The van der Waals surface area contributed by atoms with Crippen LogP contribution < -0.4 is 14.8 Å². The third kappa shape index (κ3) is 2.91. The first-order valence-corrected chi connectivity index (χ1v) is 7.30. The minimum absolute atomic E-state index is 0.0363. The van der Waals surface area contributed by atoms with E-state index in [1.165, 1.54) is 5.56 Å². The lowest BCUT2D eigenvalue weighted by atomic mass is 10.1. The van der Waals surface area contributed by atoms with Crippen LogP contribution in [-0.2, 0) is 4.79 Å².